The highest BCUT2D eigenvalue weighted by Crippen LogP contribution is 1.87. The first kappa shape index (κ1) is 8.62. The number of carbonyl (C=O) groups is 1. The molecule has 0 saturated carbocycles. The summed E-state index contributed by atoms with van der Waals surface area (Å²) >= 11 is 3.62. The number of urea groups is 1. The second-order valence-corrected chi connectivity index (χ2v) is 1.81. The van der Waals surface area contributed by atoms with E-state index in [4.69, 9.17) is 0 Å². The highest BCUT2D eigenvalue weighted by molar-refractivity contribution is 7.78. The molecule has 3 nitrogen and oxygen atoms in total. The Morgan fingerprint density at radius 2 is 2.00 bits per heavy atom. The number of hydrogen-bond donors (Lipinski definition) is 2. The van der Waals surface area contributed by atoms with Crippen molar-refractivity contribution < 1.29 is 4.79 Å². The first-order valence-electron chi connectivity index (χ1n) is 2.95. The number of amides is 2. The summed E-state index contributed by atoms with van der Waals surface area (Å²) in [6, 6.07) is -0.136. The molecule has 0 spiro atoms. The summed E-state index contributed by atoms with van der Waals surface area (Å²) in [4.78, 5) is 12.4. The van der Waals surface area contributed by atoms with Gasteiger partial charge in [-0.3, -0.25) is 4.72 Å². The predicted molar refractivity (Wildman–Crippen MR) is 40.4 cm³/mol. The molecule has 0 saturated heterocycles. The lowest BCUT2D eigenvalue weighted by Gasteiger charge is -2.16. The van der Waals surface area contributed by atoms with Crippen molar-refractivity contribution in [2.24, 2.45) is 0 Å². The van der Waals surface area contributed by atoms with Gasteiger partial charge in [0.25, 0.3) is 0 Å². The third-order valence-electron chi connectivity index (χ3n) is 1.15. The number of hydrogen-bond acceptors (Lipinski definition) is 2. The van der Waals surface area contributed by atoms with E-state index in [1.54, 1.807) is 4.90 Å². The summed E-state index contributed by atoms with van der Waals surface area (Å²) in [6.07, 6.45) is 0. The molecule has 0 atom stereocenters. The first-order chi connectivity index (χ1) is 4.26. The quantitative estimate of drug-likeness (QED) is 0.560. The fraction of sp³-hybridized carbons (Fsp3) is 0.800. The number of carbonyl (C=O) groups excluding carboxylic acids is 1. The van der Waals surface area contributed by atoms with Crippen LogP contribution in [-0.2, 0) is 0 Å². The fourth-order valence-corrected chi connectivity index (χ4v) is 0.723. The monoisotopic (exact) mass is 148 g/mol. The maximum atomic E-state index is 10.7. The summed E-state index contributed by atoms with van der Waals surface area (Å²) < 4.78 is 2.25. The van der Waals surface area contributed by atoms with Crippen LogP contribution in [0.3, 0.4) is 0 Å². The molecule has 0 aromatic heterocycles. The van der Waals surface area contributed by atoms with E-state index in [-0.39, 0.29) is 6.03 Å². The Kier molecular flexibility index (Phi) is 4.30. The Morgan fingerprint density at radius 3 is 2.11 bits per heavy atom. The van der Waals surface area contributed by atoms with Crippen LogP contribution in [0.5, 0.6) is 0 Å². The molecule has 0 aliphatic rings. The van der Waals surface area contributed by atoms with Gasteiger partial charge in [0.15, 0.2) is 0 Å². The van der Waals surface area contributed by atoms with E-state index in [9.17, 15) is 4.79 Å². The molecular formula is C5H12N2OS. The average Bonchev–Trinajstić information content (AvgIpc) is 1.90. The third kappa shape index (κ3) is 2.60. The molecule has 0 fully saturated rings. The molecule has 0 unspecified atom stereocenters. The molecule has 1 N–H and O–H groups in total. The minimum Gasteiger partial charge on any atom is -0.325 e. The maximum absolute atomic E-state index is 10.7. The van der Waals surface area contributed by atoms with Crippen molar-refractivity contribution in [1.82, 2.24) is 9.62 Å². The largest absolute Gasteiger partial charge is 0.327 e. The molecule has 0 radical (unpaired) electrons. The number of thiol groups is 1. The normalized spacial score (nSPS) is 8.78. The van der Waals surface area contributed by atoms with Gasteiger partial charge in [0.05, 0.1) is 0 Å². The number of rotatable bonds is 2. The Balaban J connectivity index is 3.64. The van der Waals surface area contributed by atoms with Gasteiger partial charge in [0.2, 0.25) is 0 Å². The van der Waals surface area contributed by atoms with Crippen LogP contribution in [0.15, 0.2) is 0 Å². The third-order valence-corrected chi connectivity index (χ3v) is 1.34. The van der Waals surface area contributed by atoms with E-state index in [0.717, 1.165) is 13.1 Å². The Labute approximate surface area is 61.0 Å². The van der Waals surface area contributed by atoms with Crippen LogP contribution in [0.1, 0.15) is 13.8 Å². The smallest absolute Gasteiger partial charge is 0.325 e. The lowest BCUT2D eigenvalue weighted by molar-refractivity contribution is 0.210. The molecule has 0 aliphatic carbocycles. The highest BCUT2D eigenvalue weighted by atomic mass is 32.1. The molecule has 0 bridgehead atoms. The zero-order valence-electron chi connectivity index (χ0n) is 5.72. The van der Waals surface area contributed by atoms with Gasteiger partial charge in [-0.05, 0) is 13.8 Å². The molecule has 9 heavy (non-hydrogen) atoms. The van der Waals surface area contributed by atoms with Crippen LogP contribution in [-0.4, -0.2) is 24.0 Å². The standard InChI is InChI=1S/C5H12N2OS/c1-3-7(4-2)5(8)6-9/h9H,3-4H2,1-2H3,(H,6,8). The summed E-state index contributed by atoms with van der Waals surface area (Å²) in [7, 11) is 0. The van der Waals surface area contributed by atoms with Crippen molar-refractivity contribution in [1.29, 1.82) is 0 Å². The summed E-state index contributed by atoms with van der Waals surface area (Å²) in [5.74, 6) is 0. The zero-order valence-corrected chi connectivity index (χ0v) is 6.61. The van der Waals surface area contributed by atoms with E-state index < -0.39 is 0 Å². The average molecular weight is 148 g/mol. The second kappa shape index (κ2) is 4.49. The van der Waals surface area contributed by atoms with Gasteiger partial charge >= 0.3 is 6.03 Å². The van der Waals surface area contributed by atoms with Crippen LogP contribution in [0.2, 0.25) is 0 Å². The van der Waals surface area contributed by atoms with Gasteiger partial charge in [-0.2, -0.15) is 0 Å². The van der Waals surface area contributed by atoms with Gasteiger partial charge in [-0.15, -0.1) is 0 Å². The van der Waals surface area contributed by atoms with Crippen molar-refractivity contribution in [2.75, 3.05) is 13.1 Å². The Bertz CT molecular complexity index is 93.0. The van der Waals surface area contributed by atoms with Crippen LogP contribution < -0.4 is 4.72 Å². The van der Waals surface area contributed by atoms with Gasteiger partial charge in [0, 0.05) is 13.1 Å². The molecule has 0 aliphatic heterocycles. The van der Waals surface area contributed by atoms with Crippen molar-refractivity contribution in [3.05, 3.63) is 0 Å². The minimum atomic E-state index is -0.136. The molecule has 4 heteroatoms. The van der Waals surface area contributed by atoms with Crippen molar-refractivity contribution >= 4 is 18.8 Å². The molecule has 2 amide bonds. The number of nitrogens with one attached hydrogen (secondary N) is 1. The maximum Gasteiger partial charge on any atom is 0.327 e. The predicted octanol–water partition coefficient (Wildman–Crippen LogP) is 0.883. The Hall–Kier alpha value is -0.380. The van der Waals surface area contributed by atoms with Gasteiger partial charge in [-0.25, -0.2) is 4.79 Å². The zero-order chi connectivity index (χ0) is 7.28. The van der Waals surface area contributed by atoms with Crippen molar-refractivity contribution in [3.63, 3.8) is 0 Å². The summed E-state index contributed by atoms with van der Waals surface area (Å²) in [6.45, 7) is 5.30. The van der Waals surface area contributed by atoms with Crippen LogP contribution in [0.25, 0.3) is 0 Å². The topological polar surface area (TPSA) is 32.3 Å². The van der Waals surface area contributed by atoms with E-state index in [1.165, 1.54) is 0 Å². The van der Waals surface area contributed by atoms with Crippen LogP contribution in [0, 0.1) is 0 Å². The molecule has 0 heterocycles. The van der Waals surface area contributed by atoms with E-state index in [1.807, 2.05) is 13.8 Å². The molecule has 0 aromatic carbocycles. The molecule has 0 aromatic rings. The summed E-state index contributed by atoms with van der Waals surface area (Å²) in [5.41, 5.74) is 0. The van der Waals surface area contributed by atoms with Crippen molar-refractivity contribution in [2.45, 2.75) is 13.8 Å². The van der Waals surface area contributed by atoms with E-state index in [0.29, 0.717) is 0 Å². The molecule has 54 valence electrons. The summed E-state index contributed by atoms with van der Waals surface area (Å²) in [5, 5.41) is 0. The highest BCUT2D eigenvalue weighted by Gasteiger charge is 2.04. The van der Waals surface area contributed by atoms with Gasteiger partial charge < -0.3 is 4.90 Å². The van der Waals surface area contributed by atoms with E-state index >= 15 is 0 Å². The van der Waals surface area contributed by atoms with Crippen LogP contribution >= 0.6 is 12.8 Å². The van der Waals surface area contributed by atoms with E-state index in [2.05, 4.69) is 17.5 Å². The second-order valence-electron chi connectivity index (χ2n) is 1.59. The molecule has 0 rings (SSSR count). The van der Waals surface area contributed by atoms with Gasteiger partial charge in [0.1, 0.15) is 0 Å². The SMILES string of the molecule is CCN(CC)C(=O)NS. The minimum absolute atomic E-state index is 0.136. The fourth-order valence-electron chi connectivity index (χ4n) is 0.582. The lowest BCUT2D eigenvalue weighted by atomic mass is 10.5. The van der Waals surface area contributed by atoms with Crippen LogP contribution in [0.4, 0.5) is 4.79 Å². The molecular weight excluding hydrogens is 136 g/mol. The Morgan fingerprint density at radius 1 is 1.56 bits per heavy atom. The number of nitrogens with zero attached hydrogens (tertiary/aromatic N) is 1. The first-order valence-corrected chi connectivity index (χ1v) is 3.40. The van der Waals surface area contributed by atoms with Crippen molar-refractivity contribution in [3.8, 4) is 0 Å². The van der Waals surface area contributed by atoms with Gasteiger partial charge in [-0.1, -0.05) is 12.8 Å². The lowest BCUT2D eigenvalue weighted by Crippen LogP contribution is -2.35.